The zero-order valence-electron chi connectivity index (χ0n) is 17.9. The maximum atomic E-state index is 13.1. The van der Waals surface area contributed by atoms with Crippen molar-refractivity contribution in [2.75, 3.05) is 39.4 Å². The number of amides is 1. The number of fused-ring (bicyclic) bond motifs is 1. The molecule has 0 spiro atoms. The molecule has 2 aliphatic rings. The lowest BCUT2D eigenvalue weighted by atomic mass is 10.1. The van der Waals surface area contributed by atoms with E-state index in [1.807, 2.05) is 0 Å². The topological polar surface area (TPSA) is 115 Å². The number of rotatable bonds is 4. The third kappa shape index (κ3) is 4.16. The number of hydrogen-bond acceptors (Lipinski definition) is 8. The van der Waals surface area contributed by atoms with E-state index >= 15 is 0 Å². The first-order valence-electron chi connectivity index (χ1n) is 10.5. The van der Waals surface area contributed by atoms with Crippen molar-refractivity contribution in [3.8, 4) is 23.0 Å². The predicted molar refractivity (Wildman–Crippen MR) is 117 cm³/mol. The fourth-order valence-corrected chi connectivity index (χ4v) is 5.26. The number of aryl methyl sites for hydroxylation is 1. The summed E-state index contributed by atoms with van der Waals surface area (Å²) in [5.41, 5.74) is 1.24. The molecule has 0 unspecified atom stereocenters. The van der Waals surface area contributed by atoms with Crippen LogP contribution in [0.1, 0.15) is 16.2 Å². The molecule has 0 N–H and O–H groups in total. The summed E-state index contributed by atoms with van der Waals surface area (Å²) in [5, 5.41) is 3.77. The van der Waals surface area contributed by atoms with Crippen LogP contribution in [0.3, 0.4) is 0 Å². The maximum Gasteiger partial charge on any atom is 0.257 e. The van der Waals surface area contributed by atoms with E-state index in [0.717, 1.165) is 5.56 Å². The summed E-state index contributed by atoms with van der Waals surface area (Å²) < 4.78 is 43.7. The molecule has 0 bridgehead atoms. The largest absolute Gasteiger partial charge is 0.486 e. The average Bonchev–Trinajstić information content (AvgIpc) is 3.29. The first kappa shape index (κ1) is 21.4. The SMILES string of the molecule is Cc1noc(-c2ccc(C(=O)N3CCN(S(=O)(=O)c4ccc5c(c4)OCCO5)CC3)cc2)n1. The molecule has 3 aromatic rings. The van der Waals surface area contributed by atoms with Crippen molar-refractivity contribution in [2.45, 2.75) is 11.8 Å². The third-order valence-electron chi connectivity index (χ3n) is 5.58. The summed E-state index contributed by atoms with van der Waals surface area (Å²) >= 11 is 0. The normalized spacial score (nSPS) is 16.6. The van der Waals surface area contributed by atoms with Crippen LogP contribution in [-0.2, 0) is 10.0 Å². The molecule has 1 amide bonds. The summed E-state index contributed by atoms with van der Waals surface area (Å²) in [6.45, 7) is 3.57. The van der Waals surface area contributed by atoms with Gasteiger partial charge in [0.25, 0.3) is 11.8 Å². The second-order valence-electron chi connectivity index (χ2n) is 7.73. The van der Waals surface area contributed by atoms with Crippen LogP contribution in [0.2, 0.25) is 0 Å². The van der Waals surface area contributed by atoms with Crippen LogP contribution >= 0.6 is 0 Å². The number of piperazine rings is 1. The molecule has 172 valence electrons. The average molecular weight is 471 g/mol. The first-order valence-corrected chi connectivity index (χ1v) is 12.0. The summed E-state index contributed by atoms with van der Waals surface area (Å²) in [7, 11) is -3.71. The van der Waals surface area contributed by atoms with Gasteiger partial charge in [0.2, 0.25) is 10.0 Å². The molecule has 0 radical (unpaired) electrons. The monoisotopic (exact) mass is 470 g/mol. The molecule has 0 atom stereocenters. The van der Waals surface area contributed by atoms with Gasteiger partial charge >= 0.3 is 0 Å². The molecule has 0 saturated carbocycles. The Morgan fingerprint density at radius 2 is 1.64 bits per heavy atom. The Balaban J connectivity index is 1.24. The van der Waals surface area contributed by atoms with Crippen LogP contribution in [0, 0.1) is 6.92 Å². The van der Waals surface area contributed by atoms with Gasteiger partial charge < -0.3 is 18.9 Å². The highest BCUT2D eigenvalue weighted by molar-refractivity contribution is 7.89. The Morgan fingerprint density at radius 1 is 0.939 bits per heavy atom. The molecule has 1 aromatic heterocycles. The molecule has 1 fully saturated rings. The smallest absolute Gasteiger partial charge is 0.257 e. The van der Waals surface area contributed by atoms with Crippen LogP contribution in [0.25, 0.3) is 11.5 Å². The second kappa shape index (κ2) is 8.49. The lowest BCUT2D eigenvalue weighted by Crippen LogP contribution is -2.50. The Kier molecular flexibility index (Phi) is 5.51. The van der Waals surface area contributed by atoms with Crippen molar-refractivity contribution in [1.29, 1.82) is 0 Å². The lowest BCUT2D eigenvalue weighted by molar-refractivity contribution is 0.0698. The van der Waals surface area contributed by atoms with Gasteiger partial charge in [-0.05, 0) is 43.3 Å². The molecular weight excluding hydrogens is 448 g/mol. The number of carbonyl (C=O) groups is 1. The molecular formula is C22H22N4O6S. The van der Waals surface area contributed by atoms with E-state index in [9.17, 15) is 13.2 Å². The van der Waals surface area contributed by atoms with E-state index in [2.05, 4.69) is 10.1 Å². The molecule has 33 heavy (non-hydrogen) atoms. The molecule has 11 heteroatoms. The molecule has 3 heterocycles. The minimum Gasteiger partial charge on any atom is -0.486 e. The van der Waals surface area contributed by atoms with E-state index in [0.29, 0.717) is 55.1 Å². The fourth-order valence-electron chi connectivity index (χ4n) is 3.82. The van der Waals surface area contributed by atoms with Gasteiger partial charge in [0.15, 0.2) is 17.3 Å². The highest BCUT2D eigenvalue weighted by atomic mass is 32.2. The van der Waals surface area contributed by atoms with Gasteiger partial charge in [-0.3, -0.25) is 4.79 Å². The minimum absolute atomic E-state index is 0.151. The van der Waals surface area contributed by atoms with Crippen LogP contribution in [0.4, 0.5) is 0 Å². The lowest BCUT2D eigenvalue weighted by Gasteiger charge is -2.34. The molecule has 2 aromatic carbocycles. The van der Waals surface area contributed by atoms with E-state index in [1.54, 1.807) is 42.2 Å². The van der Waals surface area contributed by atoms with Crippen LogP contribution in [0.5, 0.6) is 11.5 Å². The molecule has 2 aliphatic heterocycles. The molecule has 5 rings (SSSR count). The highest BCUT2D eigenvalue weighted by Gasteiger charge is 2.31. The summed E-state index contributed by atoms with van der Waals surface area (Å²) in [6, 6.07) is 11.5. The zero-order valence-corrected chi connectivity index (χ0v) is 18.7. The van der Waals surface area contributed by atoms with Crippen molar-refractivity contribution >= 4 is 15.9 Å². The molecule has 0 aliphatic carbocycles. The van der Waals surface area contributed by atoms with Gasteiger partial charge in [-0.15, -0.1) is 0 Å². The van der Waals surface area contributed by atoms with Crippen molar-refractivity contribution in [3.05, 3.63) is 53.9 Å². The third-order valence-corrected chi connectivity index (χ3v) is 7.48. The van der Waals surface area contributed by atoms with Crippen LogP contribution in [-0.4, -0.2) is 73.1 Å². The van der Waals surface area contributed by atoms with E-state index < -0.39 is 10.0 Å². The maximum absolute atomic E-state index is 13.1. The summed E-state index contributed by atoms with van der Waals surface area (Å²) in [6.07, 6.45) is 0. The number of carbonyl (C=O) groups excluding carboxylic acids is 1. The summed E-state index contributed by atoms with van der Waals surface area (Å²) in [4.78, 5) is 18.9. The Morgan fingerprint density at radius 3 is 2.30 bits per heavy atom. The van der Waals surface area contributed by atoms with Crippen molar-refractivity contribution < 1.29 is 27.2 Å². The predicted octanol–water partition coefficient (Wildman–Crippen LogP) is 1.96. The quantitative estimate of drug-likeness (QED) is 0.568. The molecule has 10 nitrogen and oxygen atoms in total. The fraction of sp³-hybridized carbons (Fsp3) is 0.318. The van der Waals surface area contributed by atoms with Crippen molar-refractivity contribution in [1.82, 2.24) is 19.3 Å². The standard InChI is InChI=1S/C22H22N4O6S/c1-15-23-21(32-24-15)16-2-4-17(5-3-16)22(27)25-8-10-26(11-9-25)33(28,29)18-6-7-19-20(14-18)31-13-12-30-19/h2-7,14H,8-13H2,1H3. The van der Waals surface area contributed by atoms with Crippen LogP contribution in [0.15, 0.2) is 51.9 Å². The molecule has 1 saturated heterocycles. The second-order valence-corrected chi connectivity index (χ2v) is 9.66. The van der Waals surface area contributed by atoms with Gasteiger partial charge in [0.05, 0.1) is 4.90 Å². The van der Waals surface area contributed by atoms with Gasteiger partial charge in [-0.1, -0.05) is 5.16 Å². The van der Waals surface area contributed by atoms with Crippen molar-refractivity contribution in [2.24, 2.45) is 0 Å². The van der Waals surface area contributed by atoms with Crippen molar-refractivity contribution in [3.63, 3.8) is 0 Å². The number of benzene rings is 2. The number of hydrogen-bond donors (Lipinski definition) is 0. The Bertz CT molecular complexity index is 1280. The Labute approximate surface area is 190 Å². The number of sulfonamides is 1. The van der Waals surface area contributed by atoms with Gasteiger partial charge in [-0.25, -0.2) is 8.42 Å². The minimum atomic E-state index is -3.71. The number of ether oxygens (including phenoxy) is 2. The van der Waals surface area contributed by atoms with E-state index in [-0.39, 0.29) is 23.9 Å². The zero-order chi connectivity index (χ0) is 23.0. The Hall–Kier alpha value is -3.44. The number of nitrogens with zero attached hydrogens (tertiary/aromatic N) is 4. The van der Waals surface area contributed by atoms with E-state index in [1.165, 1.54) is 16.4 Å². The summed E-state index contributed by atoms with van der Waals surface area (Å²) in [5.74, 6) is 1.74. The van der Waals surface area contributed by atoms with Gasteiger partial charge in [0.1, 0.15) is 13.2 Å². The number of aromatic nitrogens is 2. The van der Waals surface area contributed by atoms with Gasteiger partial charge in [-0.2, -0.15) is 9.29 Å². The van der Waals surface area contributed by atoms with E-state index in [4.69, 9.17) is 14.0 Å². The first-order chi connectivity index (χ1) is 15.9. The van der Waals surface area contributed by atoms with Crippen LogP contribution < -0.4 is 9.47 Å². The van der Waals surface area contributed by atoms with Gasteiger partial charge in [0, 0.05) is 43.4 Å². The highest BCUT2D eigenvalue weighted by Crippen LogP contribution is 2.33.